The van der Waals surface area contributed by atoms with Gasteiger partial charge in [-0.3, -0.25) is 4.79 Å². The maximum atomic E-state index is 12.0. The van der Waals surface area contributed by atoms with E-state index in [2.05, 4.69) is 17.5 Å². The number of hydrazone groups is 1. The number of carbonyl (C=O) groups excluding carboxylic acids is 1. The van der Waals surface area contributed by atoms with Crippen LogP contribution < -0.4 is 10.2 Å². The Balaban J connectivity index is 1.46. The molecular weight excluding hydrogens is 456 g/mol. The maximum absolute atomic E-state index is 12.0. The van der Waals surface area contributed by atoms with Crippen molar-refractivity contribution in [2.75, 3.05) is 0 Å². The van der Waals surface area contributed by atoms with Crippen molar-refractivity contribution >= 4 is 23.7 Å². The number of hydrogen-bond acceptors (Lipinski definition) is 3. The Kier molecular flexibility index (Phi) is 15.6. The summed E-state index contributed by atoms with van der Waals surface area (Å²) in [6, 6.07) is 15.2. The number of ether oxygens (including phenoxy) is 1. The smallest absolute Gasteiger partial charge is 0.240 e. The lowest BCUT2D eigenvalue weighted by molar-refractivity contribution is -0.121. The zero-order valence-corrected chi connectivity index (χ0v) is 22.2. The maximum Gasteiger partial charge on any atom is 0.240 e. The molecular formula is C30H43ClN2O2. The predicted molar refractivity (Wildman–Crippen MR) is 148 cm³/mol. The first-order valence-electron chi connectivity index (χ1n) is 13.5. The van der Waals surface area contributed by atoms with Gasteiger partial charge in [-0.2, -0.15) is 5.10 Å². The van der Waals surface area contributed by atoms with Crippen molar-refractivity contribution in [3.8, 4) is 5.75 Å². The third kappa shape index (κ3) is 14.6. The van der Waals surface area contributed by atoms with Gasteiger partial charge in [-0.1, -0.05) is 108 Å². The number of unbranched alkanes of at least 4 members (excludes halogenated alkanes) is 12. The number of nitrogens with one attached hydrogen (secondary N) is 1. The van der Waals surface area contributed by atoms with Crippen LogP contribution in [0.15, 0.2) is 53.6 Å². The van der Waals surface area contributed by atoms with Crippen molar-refractivity contribution in [3.05, 3.63) is 64.7 Å². The molecule has 2 aromatic carbocycles. The Morgan fingerprint density at radius 1 is 0.800 bits per heavy atom. The molecule has 0 fully saturated rings. The molecule has 4 nitrogen and oxygen atoms in total. The van der Waals surface area contributed by atoms with Crippen LogP contribution in [0.3, 0.4) is 0 Å². The number of hydrogen-bond donors (Lipinski definition) is 1. The molecule has 1 N–H and O–H groups in total. The van der Waals surface area contributed by atoms with Crippen molar-refractivity contribution in [2.45, 2.75) is 103 Å². The monoisotopic (exact) mass is 498 g/mol. The number of halogens is 1. The SMILES string of the molecule is CCCCCCCCCCCCCCCC(=O)N/N=C\c1ccc(OCc2ccc(Cl)cc2)cc1. The Hall–Kier alpha value is -2.33. The van der Waals surface area contributed by atoms with Crippen molar-refractivity contribution in [3.63, 3.8) is 0 Å². The highest BCUT2D eigenvalue weighted by Crippen LogP contribution is 2.16. The van der Waals surface area contributed by atoms with Gasteiger partial charge in [0.15, 0.2) is 0 Å². The van der Waals surface area contributed by atoms with Crippen molar-refractivity contribution in [1.82, 2.24) is 5.43 Å². The predicted octanol–water partition coefficient (Wildman–Crippen LogP) is 8.85. The molecule has 0 unspecified atom stereocenters. The number of nitrogens with zero attached hydrogens (tertiary/aromatic N) is 1. The molecule has 0 atom stereocenters. The highest BCUT2D eigenvalue weighted by molar-refractivity contribution is 6.30. The molecule has 1 amide bonds. The van der Waals surface area contributed by atoms with E-state index >= 15 is 0 Å². The van der Waals surface area contributed by atoms with Gasteiger partial charge in [0.25, 0.3) is 0 Å². The molecule has 0 aliphatic carbocycles. The number of rotatable bonds is 19. The first kappa shape index (κ1) is 28.9. The number of carbonyl (C=O) groups is 1. The Morgan fingerprint density at radius 2 is 1.34 bits per heavy atom. The molecule has 2 rings (SSSR count). The molecule has 0 bridgehead atoms. The van der Waals surface area contributed by atoms with Crippen LogP contribution in [0.4, 0.5) is 0 Å². The first-order chi connectivity index (χ1) is 17.2. The van der Waals surface area contributed by atoms with Crippen LogP contribution in [0, 0.1) is 0 Å². The van der Waals surface area contributed by atoms with Crippen molar-refractivity contribution in [2.24, 2.45) is 5.10 Å². The minimum absolute atomic E-state index is 0.0211. The van der Waals surface area contributed by atoms with Crippen LogP contribution in [0.1, 0.15) is 108 Å². The average molecular weight is 499 g/mol. The summed E-state index contributed by atoms with van der Waals surface area (Å²) >= 11 is 5.90. The summed E-state index contributed by atoms with van der Waals surface area (Å²) in [5.74, 6) is 0.760. The van der Waals surface area contributed by atoms with E-state index in [0.717, 1.165) is 29.7 Å². The summed E-state index contributed by atoms with van der Waals surface area (Å²) < 4.78 is 5.79. The van der Waals surface area contributed by atoms with Gasteiger partial charge >= 0.3 is 0 Å². The summed E-state index contributed by atoms with van der Waals surface area (Å²) in [4.78, 5) is 12.0. The van der Waals surface area contributed by atoms with E-state index in [1.165, 1.54) is 70.6 Å². The van der Waals surface area contributed by atoms with Gasteiger partial charge < -0.3 is 4.74 Å². The van der Waals surface area contributed by atoms with E-state index in [1.54, 1.807) is 6.21 Å². The van der Waals surface area contributed by atoms with Gasteiger partial charge in [0.2, 0.25) is 5.91 Å². The Labute approximate surface area is 217 Å². The normalized spacial score (nSPS) is 11.1. The second-order valence-corrected chi connectivity index (χ2v) is 9.71. The lowest BCUT2D eigenvalue weighted by Gasteiger charge is -2.06. The zero-order chi connectivity index (χ0) is 25.0. The van der Waals surface area contributed by atoms with E-state index in [1.807, 2.05) is 48.5 Å². The van der Waals surface area contributed by atoms with Gasteiger partial charge in [0.1, 0.15) is 12.4 Å². The molecule has 0 saturated heterocycles. The van der Waals surface area contributed by atoms with Gasteiger partial charge in [0.05, 0.1) is 6.21 Å². The van der Waals surface area contributed by atoms with E-state index in [0.29, 0.717) is 18.1 Å². The highest BCUT2D eigenvalue weighted by atomic mass is 35.5. The van der Waals surface area contributed by atoms with Crippen LogP contribution >= 0.6 is 11.6 Å². The topological polar surface area (TPSA) is 50.7 Å². The summed E-state index contributed by atoms with van der Waals surface area (Å²) in [6.45, 7) is 2.75. The van der Waals surface area contributed by atoms with E-state index in [-0.39, 0.29) is 5.91 Å². The fourth-order valence-electron chi connectivity index (χ4n) is 3.94. The zero-order valence-electron chi connectivity index (χ0n) is 21.4. The molecule has 0 saturated carbocycles. The fourth-order valence-corrected chi connectivity index (χ4v) is 4.06. The third-order valence-corrected chi connectivity index (χ3v) is 6.36. The molecule has 5 heteroatoms. The van der Waals surface area contributed by atoms with Gasteiger partial charge in [-0.05, 0) is 53.9 Å². The summed E-state index contributed by atoms with van der Waals surface area (Å²) in [5, 5.41) is 4.79. The van der Waals surface area contributed by atoms with Gasteiger partial charge in [-0.15, -0.1) is 0 Å². The standard InChI is InChI=1S/C30H43ClN2O2/c1-2-3-4-5-6-7-8-9-10-11-12-13-14-15-30(34)33-32-24-26-18-22-29(23-19-26)35-25-27-16-20-28(31)21-17-27/h16-24H,2-15,25H2,1H3,(H,33,34)/b32-24-. The molecule has 35 heavy (non-hydrogen) atoms. The van der Waals surface area contributed by atoms with Crippen molar-refractivity contribution in [1.29, 1.82) is 0 Å². The Morgan fingerprint density at radius 3 is 1.91 bits per heavy atom. The Bertz CT molecular complexity index is 834. The summed E-state index contributed by atoms with van der Waals surface area (Å²) in [5.41, 5.74) is 4.60. The lowest BCUT2D eigenvalue weighted by Crippen LogP contribution is -2.16. The molecule has 2 aromatic rings. The molecule has 0 spiro atoms. The number of amides is 1. The van der Waals surface area contributed by atoms with Crippen LogP contribution in [-0.2, 0) is 11.4 Å². The second kappa shape index (κ2) is 18.9. The average Bonchev–Trinajstić information content (AvgIpc) is 2.87. The van der Waals surface area contributed by atoms with Crippen LogP contribution in [-0.4, -0.2) is 12.1 Å². The molecule has 0 aliphatic heterocycles. The minimum Gasteiger partial charge on any atom is -0.489 e. The molecule has 192 valence electrons. The summed E-state index contributed by atoms with van der Waals surface area (Å²) in [7, 11) is 0. The number of benzene rings is 2. The highest BCUT2D eigenvalue weighted by Gasteiger charge is 2.00. The van der Waals surface area contributed by atoms with Crippen LogP contribution in [0.5, 0.6) is 5.75 Å². The van der Waals surface area contributed by atoms with Crippen LogP contribution in [0.25, 0.3) is 0 Å². The molecule has 0 heterocycles. The lowest BCUT2D eigenvalue weighted by atomic mass is 10.0. The quantitative estimate of drug-likeness (QED) is 0.119. The fraction of sp³-hybridized carbons (Fsp3) is 0.533. The van der Waals surface area contributed by atoms with Gasteiger partial charge in [-0.25, -0.2) is 5.43 Å². The molecule has 0 aliphatic rings. The van der Waals surface area contributed by atoms with Crippen LogP contribution in [0.2, 0.25) is 5.02 Å². The van der Waals surface area contributed by atoms with E-state index in [9.17, 15) is 4.79 Å². The van der Waals surface area contributed by atoms with Gasteiger partial charge in [0, 0.05) is 11.4 Å². The van der Waals surface area contributed by atoms with E-state index < -0.39 is 0 Å². The first-order valence-corrected chi connectivity index (χ1v) is 13.8. The molecule has 0 radical (unpaired) electrons. The second-order valence-electron chi connectivity index (χ2n) is 9.27. The third-order valence-electron chi connectivity index (χ3n) is 6.11. The summed E-state index contributed by atoms with van der Waals surface area (Å²) in [6.07, 6.45) is 19.1. The largest absolute Gasteiger partial charge is 0.489 e. The minimum atomic E-state index is -0.0211. The molecule has 0 aromatic heterocycles. The van der Waals surface area contributed by atoms with E-state index in [4.69, 9.17) is 16.3 Å². The van der Waals surface area contributed by atoms with Crippen molar-refractivity contribution < 1.29 is 9.53 Å².